The molecule has 0 aromatic rings. The Morgan fingerprint density at radius 2 is 1.76 bits per heavy atom. The molecule has 5 N–H and O–H groups in total. The Morgan fingerprint density at radius 3 is 2.39 bits per heavy atom. The molecule has 0 bridgehead atoms. The number of ketones is 2. The van der Waals surface area contributed by atoms with Crippen LogP contribution in [0.15, 0.2) is 11.6 Å². The average molecular weight is 665 g/mol. The molecular formula is C33H48N2O10S. The topological polar surface area (TPSA) is 196 Å². The van der Waals surface area contributed by atoms with E-state index in [-0.39, 0.29) is 66.3 Å². The number of allylic oxidation sites excluding steroid dienone is 1. The summed E-state index contributed by atoms with van der Waals surface area (Å²) in [6.45, 7) is 6.66. The number of esters is 1. The first-order chi connectivity index (χ1) is 21.5. The number of carboxylic acid groups (broad SMARTS) is 1. The number of ether oxygens (including phenoxy) is 1. The molecular weight excluding hydrogens is 616 g/mol. The van der Waals surface area contributed by atoms with Crippen molar-refractivity contribution in [1.82, 2.24) is 10.6 Å². The van der Waals surface area contributed by atoms with Crippen molar-refractivity contribution in [3.63, 3.8) is 0 Å². The number of thiol groups is 1. The Balaban J connectivity index is 1.33. The van der Waals surface area contributed by atoms with Crippen molar-refractivity contribution < 1.29 is 48.8 Å². The molecule has 256 valence electrons. The van der Waals surface area contributed by atoms with Crippen LogP contribution in [0.3, 0.4) is 0 Å². The number of aliphatic hydroxyl groups is 2. The molecule has 0 heterocycles. The van der Waals surface area contributed by atoms with Crippen molar-refractivity contribution in [2.75, 3.05) is 12.4 Å². The van der Waals surface area contributed by atoms with Crippen molar-refractivity contribution in [3.8, 4) is 0 Å². The molecule has 3 fully saturated rings. The van der Waals surface area contributed by atoms with Crippen molar-refractivity contribution in [3.05, 3.63) is 11.6 Å². The molecule has 0 aliphatic heterocycles. The van der Waals surface area contributed by atoms with Crippen molar-refractivity contribution in [1.29, 1.82) is 0 Å². The zero-order chi connectivity index (χ0) is 34.2. The Bertz CT molecular complexity index is 1300. The lowest BCUT2D eigenvalue weighted by molar-refractivity contribution is -0.184. The minimum absolute atomic E-state index is 0.0186. The van der Waals surface area contributed by atoms with E-state index >= 15 is 0 Å². The van der Waals surface area contributed by atoms with Crippen molar-refractivity contribution in [2.24, 2.45) is 34.5 Å². The van der Waals surface area contributed by atoms with Gasteiger partial charge in [-0.1, -0.05) is 33.3 Å². The van der Waals surface area contributed by atoms with Gasteiger partial charge in [0, 0.05) is 24.0 Å². The van der Waals surface area contributed by atoms with E-state index in [1.54, 1.807) is 19.9 Å². The van der Waals surface area contributed by atoms with Crippen molar-refractivity contribution in [2.45, 2.75) is 109 Å². The van der Waals surface area contributed by atoms with Gasteiger partial charge in [0.1, 0.15) is 17.7 Å². The lowest BCUT2D eigenvalue weighted by Gasteiger charge is -2.60. The largest absolute Gasteiger partial charge is 0.480 e. The van der Waals surface area contributed by atoms with Crippen LogP contribution >= 0.6 is 12.6 Å². The number of rotatable bonds is 12. The van der Waals surface area contributed by atoms with Crippen LogP contribution < -0.4 is 10.6 Å². The molecule has 0 spiro atoms. The van der Waals surface area contributed by atoms with Crippen LogP contribution in [-0.4, -0.2) is 86.8 Å². The summed E-state index contributed by atoms with van der Waals surface area (Å²) in [5, 5.41) is 37.4. The van der Waals surface area contributed by atoms with E-state index in [2.05, 4.69) is 30.2 Å². The maximum atomic E-state index is 13.5. The Kier molecular flexibility index (Phi) is 10.8. The number of carboxylic acids is 1. The zero-order valence-electron chi connectivity index (χ0n) is 27.0. The van der Waals surface area contributed by atoms with E-state index in [0.29, 0.717) is 19.3 Å². The molecule has 13 heteroatoms. The smallest absolute Gasteiger partial charge is 0.327 e. The van der Waals surface area contributed by atoms with E-state index in [9.17, 15) is 39.0 Å². The zero-order valence-corrected chi connectivity index (χ0v) is 27.9. The second kappa shape index (κ2) is 13.8. The van der Waals surface area contributed by atoms with Crippen molar-refractivity contribution >= 4 is 47.9 Å². The van der Waals surface area contributed by atoms with Gasteiger partial charge in [0.15, 0.2) is 12.4 Å². The molecule has 0 unspecified atom stereocenters. The van der Waals surface area contributed by atoms with Crippen LogP contribution in [0.5, 0.6) is 0 Å². The van der Waals surface area contributed by atoms with Gasteiger partial charge in [-0.15, -0.1) is 0 Å². The maximum Gasteiger partial charge on any atom is 0.327 e. The minimum atomic E-state index is -1.79. The van der Waals surface area contributed by atoms with Crippen LogP contribution in [0.1, 0.15) is 85.5 Å². The lowest BCUT2D eigenvalue weighted by atomic mass is 9.45. The first-order valence-electron chi connectivity index (χ1n) is 16.2. The fourth-order valence-corrected chi connectivity index (χ4v) is 9.18. The minimum Gasteiger partial charge on any atom is -0.480 e. The highest BCUT2D eigenvalue weighted by Gasteiger charge is 2.68. The summed E-state index contributed by atoms with van der Waals surface area (Å²) in [5.74, 6) is -4.45. The number of fused-ring (bicyclic) bond motifs is 5. The number of carbonyl (C=O) groups excluding carboxylic acids is 5. The quantitative estimate of drug-likeness (QED) is 0.132. The molecule has 0 aromatic carbocycles. The van der Waals surface area contributed by atoms with Crippen LogP contribution in [0.25, 0.3) is 0 Å². The average Bonchev–Trinajstić information content (AvgIpc) is 3.26. The van der Waals surface area contributed by atoms with E-state index in [4.69, 9.17) is 9.84 Å². The monoisotopic (exact) mass is 664 g/mol. The van der Waals surface area contributed by atoms with Crippen LogP contribution in [0, 0.1) is 34.5 Å². The van der Waals surface area contributed by atoms with Gasteiger partial charge in [0.2, 0.25) is 17.6 Å². The van der Waals surface area contributed by atoms with Crippen LogP contribution in [0.4, 0.5) is 0 Å². The number of aliphatic carboxylic acids is 1. The van der Waals surface area contributed by atoms with Gasteiger partial charge in [0.05, 0.1) is 12.5 Å². The Hall–Kier alpha value is -2.77. The van der Waals surface area contributed by atoms with Crippen LogP contribution in [0.2, 0.25) is 0 Å². The number of nitrogens with one attached hydrogen (secondary N) is 2. The van der Waals surface area contributed by atoms with Gasteiger partial charge in [-0.05, 0) is 73.7 Å². The molecule has 4 aliphatic carbocycles. The summed E-state index contributed by atoms with van der Waals surface area (Å²) >= 11 is 3.92. The van der Waals surface area contributed by atoms with Gasteiger partial charge in [0.25, 0.3) is 0 Å². The summed E-state index contributed by atoms with van der Waals surface area (Å²) < 4.78 is 5.20. The van der Waals surface area contributed by atoms with Crippen LogP contribution in [-0.2, 0) is 33.5 Å². The molecule has 46 heavy (non-hydrogen) atoms. The SMILES string of the molecule is CC(C)[C@H](NC(=O)CCC(=O)OCC(=O)[C@@]1(O)CC[C@H]2[C@H]3CCC4=CC(=O)CC[C@]4(C)[C@@H]3[C@@H](O)C[C@@]21C)C(=O)N[C@H](CS)C(=O)O. The van der Waals surface area contributed by atoms with E-state index in [0.717, 1.165) is 18.4 Å². The highest BCUT2D eigenvalue weighted by molar-refractivity contribution is 7.80. The number of Topliss-reactive ketones (excluding diaryl/α,β-unsaturated/α-hetero) is 1. The van der Waals surface area contributed by atoms with Gasteiger partial charge >= 0.3 is 11.9 Å². The molecule has 2 amide bonds. The standard InChI is InChI=1S/C33H48N2O10S/c1-17(2)28(29(41)34-22(16-46)30(42)43)35-25(39)7-8-26(40)45-15-24(38)33(44)12-10-21-20-6-5-18-13-19(36)9-11-31(18,3)27(20)23(37)14-32(21,33)4/h13,17,20-23,27-28,37,44,46H,5-12,14-16H2,1-4H3,(H,34,41)(H,35,39)(H,42,43)/t20-,21+,22-,23+,27+,28+,31+,32+,33+/m1/s1. The molecule has 0 saturated heterocycles. The Morgan fingerprint density at radius 1 is 1.07 bits per heavy atom. The molecule has 0 aromatic heterocycles. The van der Waals surface area contributed by atoms with Gasteiger partial charge in [-0.3, -0.25) is 24.0 Å². The summed E-state index contributed by atoms with van der Waals surface area (Å²) in [6.07, 6.45) is 3.94. The normalized spacial score (nSPS) is 34.7. The summed E-state index contributed by atoms with van der Waals surface area (Å²) in [7, 11) is 0. The number of aliphatic hydroxyl groups excluding tert-OH is 1. The summed E-state index contributed by atoms with van der Waals surface area (Å²) in [6, 6.07) is -2.27. The second-order valence-corrected chi connectivity index (χ2v) is 14.8. The highest BCUT2D eigenvalue weighted by Crippen LogP contribution is 2.67. The van der Waals surface area contributed by atoms with E-state index in [1.165, 1.54) is 0 Å². The third kappa shape index (κ3) is 6.64. The third-order valence-corrected chi connectivity index (χ3v) is 11.9. The molecule has 4 aliphatic rings. The third-order valence-electron chi connectivity index (χ3n) is 11.5. The fourth-order valence-electron chi connectivity index (χ4n) is 8.93. The first-order valence-corrected chi connectivity index (χ1v) is 16.9. The maximum absolute atomic E-state index is 13.5. The first kappa shape index (κ1) is 36.1. The van der Waals surface area contributed by atoms with E-state index < -0.39 is 65.3 Å². The van der Waals surface area contributed by atoms with Gasteiger partial charge < -0.3 is 30.7 Å². The predicted molar refractivity (Wildman–Crippen MR) is 168 cm³/mol. The Labute approximate surface area is 274 Å². The summed E-state index contributed by atoms with van der Waals surface area (Å²) in [5.41, 5.74) is -1.91. The molecule has 3 saturated carbocycles. The van der Waals surface area contributed by atoms with E-state index in [1.807, 2.05) is 6.92 Å². The second-order valence-electron chi connectivity index (χ2n) is 14.4. The number of amides is 2. The predicted octanol–water partition coefficient (Wildman–Crippen LogP) is 1.75. The fraction of sp³-hybridized carbons (Fsp3) is 0.758. The van der Waals surface area contributed by atoms with Gasteiger partial charge in [-0.25, -0.2) is 4.79 Å². The molecule has 4 rings (SSSR count). The molecule has 0 radical (unpaired) electrons. The molecule has 12 nitrogen and oxygen atoms in total. The number of hydrogen-bond donors (Lipinski definition) is 6. The van der Waals surface area contributed by atoms with Gasteiger partial charge in [-0.2, -0.15) is 12.6 Å². The highest BCUT2D eigenvalue weighted by atomic mass is 32.1. The number of carbonyl (C=O) groups is 6. The lowest BCUT2D eigenvalue weighted by Crippen LogP contribution is -2.62. The molecule has 9 atom stereocenters. The number of hydrogen-bond acceptors (Lipinski definition) is 10. The summed E-state index contributed by atoms with van der Waals surface area (Å²) in [4.78, 5) is 74.5.